The molecule has 0 atom stereocenters. The van der Waals surface area contributed by atoms with Gasteiger partial charge >= 0.3 is 0 Å². The van der Waals surface area contributed by atoms with Gasteiger partial charge in [-0.15, -0.1) is 0 Å². The van der Waals surface area contributed by atoms with Crippen molar-refractivity contribution in [3.8, 4) is 5.75 Å². The number of anilines is 1. The van der Waals surface area contributed by atoms with Crippen molar-refractivity contribution >= 4 is 22.5 Å². The highest BCUT2D eigenvalue weighted by Crippen LogP contribution is 2.19. The number of benzene rings is 2. The molecule has 0 radical (unpaired) electrons. The van der Waals surface area contributed by atoms with Gasteiger partial charge < -0.3 is 14.6 Å². The topological polar surface area (TPSA) is 60.3 Å². The number of aryl methyl sites for hydroxylation is 1. The van der Waals surface area contributed by atoms with E-state index in [1.165, 1.54) is 19.4 Å². The molecule has 0 bridgehead atoms. The molecule has 0 unspecified atom stereocenters. The number of methoxy groups -OCH3 is 1. The number of carbonyl (C=O) groups excluding carboxylic acids is 1. The Hall–Kier alpha value is -3.22. The van der Waals surface area contributed by atoms with Crippen molar-refractivity contribution in [1.29, 1.82) is 0 Å². The number of halogens is 2. The normalized spacial score (nSPS) is 10.7. The number of fused-ring (bicyclic) bond motifs is 1. The fraction of sp³-hybridized carbons (Fsp3) is 0.111. The highest BCUT2D eigenvalue weighted by Gasteiger charge is 2.17. The summed E-state index contributed by atoms with van der Waals surface area (Å²) in [5, 5.41) is 2.59. The average molecular weight is 344 g/mol. The SMILES string of the molecule is COc1ccc2c(c1)c(=O)c(C(=O)Nc1ccc(F)cc1F)cn2C. The lowest BCUT2D eigenvalue weighted by Gasteiger charge is -2.11. The van der Waals surface area contributed by atoms with Crippen LogP contribution in [0.4, 0.5) is 14.5 Å². The van der Waals surface area contributed by atoms with E-state index in [1.807, 2.05) is 0 Å². The summed E-state index contributed by atoms with van der Waals surface area (Å²) in [7, 11) is 3.16. The van der Waals surface area contributed by atoms with Crippen LogP contribution in [0.1, 0.15) is 10.4 Å². The molecule has 0 aliphatic carbocycles. The number of hydrogen-bond acceptors (Lipinski definition) is 3. The number of aromatic nitrogens is 1. The third-order valence-electron chi connectivity index (χ3n) is 3.82. The van der Waals surface area contributed by atoms with E-state index < -0.39 is 23.0 Å². The van der Waals surface area contributed by atoms with Crippen LogP contribution in [-0.2, 0) is 7.05 Å². The van der Waals surface area contributed by atoms with Crippen LogP contribution in [-0.4, -0.2) is 17.6 Å². The van der Waals surface area contributed by atoms with Crippen LogP contribution < -0.4 is 15.5 Å². The summed E-state index contributed by atoms with van der Waals surface area (Å²) < 4.78 is 33.4. The summed E-state index contributed by atoms with van der Waals surface area (Å²) in [6.07, 6.45) is 1.37. The van der Waals surface area contributed by atoms with E-state index >= 15 is 0 Å². The van der Waals surface area contributed by atoms with Crippen molar-refractivity contribution in [3.05, 3.63) is 70.0 Å². The van der Waals surface area contributed by atoms with Crippen LogP contribution in [0.3, 0.4) is 0 Å². The quantitative estimate of drug-likeness (QED) is 0.794. The predicted molar refractivity (Wildman–Crippen MR) is 90.1 cm³/mol. The van der Waals surface area contributed by atoms with Gasteiger partial charge in [-0.2, -0.15) is 0 Å². The molecular weight excluding hydrogens is 330 g/mol. The number of nitrogens with one attached hydrogen (secondary N) is 1. The first-order chi connectivity index (χ1) is 11.9. The second kappa shape index (κ2) is 6.35. The molecule has 128 valence electrons. The van der Waals surface area contributed by atoms with Gasteiger partial charge in [0.15, 0.2) is 0 Å². The Bertz CT molecular complexity index is 1040. The largest absolute Gasteiger partial charge is 0.497 e. The molecule has 0 saturated heterocycles. The Balaban J connectivity index is 2.07. The van der Waals surface area contributed by atoms with Crippen molar-refractivity contribution in [2.75, 3.05) is 12.4 Å². The number of ether oxygens (including phenoxy) is 1. The molecule has 0 aliphatic rings. The third-order valence-corrected chi connectivity index (χ3v) is 3.82. The zero-order valence-electron chi connectivity index (χ0n) is 13.5. The second-order valence-corrected chi connectivity index (χ2v) is 5.44. The Labute approximate surface area is 141 Å². The number of carbonyl (C=O) groups is 1. The fourth-order valence-electron chi connectivity index (χ4n) is 2.54. The standard InChI is InChI=1S/C18H14F2N2O3/c1-22-9-13(17(23)12-8-11(25-2)4-6-16(12)22)18(24)21-15-5-3-10(19)7-14(15)20/h3-9H,1-2H3,(H,21,24). The summed E-state index contributed by atoms with van der Waals surface area (Å²) in [5.74, 6) is -1.99. The van der Waals surface area contributed by atoms with Crippen LogP contribution in [0, 0.1) is 11.6 Å². The summed E-state index contributed by atoms with van der Waals surface area (Å²) >= 11 is 0. The number of hydrogen-bond donors (Lipinski definition) is 1. The van der Waals surface area contributed by atoms with E-state index in [2.05, 4.69) is 5.32 Å². The van der Waals surface area contributed by atoms with Gasteiger partial charge in [0.05, 0.1) is 23.7 Å². The molecule has 25 heavy (non-hydrogen) atoms. The summed E-state index contributed by atoms with van der Waals surface area (Å²) in [6, 6.07) is 7.71. The maximum atomic E-state index is 13.7. The Morgan fingerprint density at radius 1 is 1.16 bits per heavy atom. The molecule has 1 N–H and O–H groups in total. The molecule has 0 spiro atoms. The predicted octanol–water partition coefficient (Wildman–Crippen LogP) is 3.08. The molecule has 0 saturated carbocycles. The van der Waals surface area contributed by atoms with Crippen molar-refractivity contribution in [3.63, 3.8) is 0 Å². The van der Waals surface area contributed by atoms with Gasteiger partial charge in [0.2, 0.25) is 5.43 Å². The minimum absolute atomic E-state index is 0.160. The Morgan fingerprint density at radius 3 is 2.60 bits per heavy atom. The van der Waals surface area contributed by atoms with Crippen LogP contribution in [0.25, 0.3) is 10.9 Å². The smallest absolute Gasteiger partial charge is 0.261 e. The molecule has 2 aromatic carbocycles. The molecule has 5 nitrogen and oxygen atoms in total. The molecule has 1 aromatic heterocycles. The van der Waals surface area contributed by atoms with Gasteiger partial charge in [0.25, 0.3) is 5.91 Å². The van der Waals surface area contributed by atoms with Crippen LogP contribution in [0.5, 0.6) is 5.75 Å². The highest BCUT2D eigenvalue weighted by atomic mass is 19.1. The van der Waals surface area contributed by atoms with Gasteiger partial charge in [-0.3, -0.25) is 9.59 Å². The minimum Gasteiger partial charge on any atom is -0.497 e. The highest BCUT2D eigenvalue weighted by molar-refractivity contribution is 6.05. The lowest BCUT2D eigenvalue weighted by atomic mass is 10.1. The molecule has 3 rings (SSSR count). The van der Waals surface area contributed by atoms with Crippen molar-refractivity contribution in [2.45, 2.75) is 0 Å². The Kier molecular flexibility index (Phi) is 4.22. The molecule has 7 heteroatoms. The van der Waals surface area contributed by atoms with Gasteiger partial charge in [0.1, 0.15) is 22.9 Å². The van der Waals surface area contributed by atoms with Gasteiger partial charge in [-0.05, 0) is 30.3 Å². The first-order valence-electron chi connectivity index (χ1n) is 7.34. The van der Waals surface area contributed by atoms with Crippen LogP contribution >= 0.6 is 0 Å². The fourth-order valence-corrected chi connectivity index (χ4v) is 2.54. The second-order valence-electron chi connectivity index (χ2n) is 5.44. The van der Waals surface area contributed by atoms with Crippen LogP contribution in [0.2, 0.25) is 0 Å². The maximum absolute atomic E-state index is 13.7. The van der Waals surface area contributed by atoms with E-state index in [0.29, 0.717) is 22.7 Å². The van der Waals surface area contributed by atoms with Crippen molar-refractivity contribution < 1.29 is 18.3 Å². The molecule has 0 aliphatic heterocycles. The van der Waals surface area contributed by atoms with E-state index in [4.69, 9.17) is 4.74 Å². The Morgan fingerprint density at radius 2 is 1.92 bits per heavy atom. The number of amides is 1. The molecule has 0 fully saturated rings. The average Bonchev–Trinajstić information content (AvgIpc) is 2.60. The molecule has 1 amide bonds. The van der Waals surface area contributed by atoms with E-state index in [0.717, 1.165) is 12.1 Å². The zero-order valence-corrected chi connectivity index (χ0v) is 13.5. The van der Waals surface area contributed by atoms with E-state index in [-0.39, 0.29) is 11.3 Å². The molecular formula is C18H14F2N2O3. The van der Waals surface area contributed by atoms with E-state index in [1.54, 1.807) is 23.7 Å². The summed E-state index contributed by atoms with van der Waals surface area (Å²) in [4.78, 5) is 25.0. The number of nitrogens with zero attached hydrogens (tertiary/aromatic N) is 1. The van der Waals surface area contributed by atoms with Crippen molar-refractivity contribution in [2.24, 2.45) is 7.05 Å². The number of pyridine rings is 1. The first-order valence-corrected chi connectivity index (χ1v) is 7.34. The summed E-state index contributed by atoms with van der Waals surface area (Å²) in [6.45, 7) is 0. The lowest BCUT2D eigenvalue weighted by Crippen LogP contribution is -2.23. The lowest BCUT2D eigenvalue weighted by molar-refractivity contribution is 0.102. The molecule has 1 heterocycles. The minimum atomic E-state index is -0.923. The third kappa shape index (κ3) is 3.08. The zero-order chi connectivity index (χ0) is 18.1. The monoisotopic (exact) mass is 344 g/mol. The van der Waals surface area contributed by atoms with Gasteiger partial charge in [-0.1, -0.05) is 0 Å². The summed E-state index contributed by atoms with van der Waals surface area (Å²) in [5.41, 5.74) is -0.256. The van der Waals surface area contributed by atoms with Crippen LogP contribution in [0.15, 0.2) is 47.4 Å². The number of rotatable bonds is 3. The van der Waals surface area contributed by atoms with Gasteiger partial charge in [-0.25, -0.2) is 8.78 Å². The first kappa shape index (κ1) is 16.6. The van der Waals surface area contributed by atoms with E-state index in [9.17, 15) is 18.4 Å². The molecule has 3 aromatic rings. The maximum Gasteiger partial charge on any atom is 0.261 e. The van der Waals surface area contributed by atoms with Gasteiger partial charge in [0, 0.05) is 19.3 Å². The van der Waals surface area contributed by atoms with Crippen molar-refractivity contribution in [1.82, 2.24) is 4.57 Å².